The summed E-state index contributed by atoms with van der Waals surface area (Å²) >= 11 is 0. The molecule has 3 nitrogen and oxygen atoms in total. The van der Waals surface area contributed by atoms with Crippen molar-refractivity contribution < 1.29 is 14.8 Å². The van der Waals surface area contributed by atoms with Gasteiger partial charge in [-0.1, -0.05) is 51.5 Å². The van der Waals surface area contributed by atoms with Crippen molar-refractivity contribution in [2.24, 2.45) is 0 Å². The first-order chi connectivity index (χ1) is 7.74. The monoisotopic (exact) mass is 232 g/mol. The fourth-order valence-electron chi connectivity index (χ4n) is 1.78. The third-order valence-corrected chi connectivity index (χ3v) is 3.15. The van der Waals surface area contributed by atoms with Gasteiger partial charge in [-0.25, -0.2) is 4.89 Å². The predicted octanol–water partition coefficient (Wildman–Crippen LogP) is 4.42. The first-order valence-corrected chi connectivity index (χ1v) is 6.72. The van der Waals surface area contributed by atoms with Gasteiger partial charge in [0.1, 0.15) is 5.60 Å². The van der Waals surface area contributed by atoms with Gasteiger partial charge in [0, 0.05) is 0 Å². The van der Waals surface area contributed by atoms with Gasteiger partial charge < -0.3 is 0 Å². The summed E-state index contributed by atoms with van der Waals surface area (Å²) in [4.78, 5) is 10.2. The Morgan fingerprint density at radius 1 is 0.875 bits per heavy atom. The van der Waals surface area contributed by atoms with Crippen molar-refractivity contribution in [3.05, 3.63) is 0 Å². The largest absolute Gasteiger partial charge is 0.206 e. The summed E-state index contributed by atoms with van der Waals surface area (Å²) in [6.45, 7) is 8.89. The lowest BCUT2D eigenvalue weighted by atomic mass is 9.90. The molecule has 0 rings (SSSR count). The van der Waals surface area contributed by atoms with Gasteiger partial charge in [-0.2, -0.15) is 4.89 Å². The molecule has 0 unspecified atom stereocenters. The predicted molar refractivity (Wildman–Crippen MR) is 65.9 cm³/mol. The molecule has 0 heterocycles. The van der Waals surface area contributed by atoms with Gasteiger partial charge in [0.25, 0.3) is 0 Å². The molecule has 0 bridgehead atoms. The van der Waals surface area contributed by atoms with Crippen LogP contribution in [0.2, 0.25) is 0 Å². The molecule has 0 spiro atoms. The molecule has 0 aliphatic rings. The van der Waals surface area contributed by atoms with Crippen molar-refractivity contribution in [2.45, 2.75) is 78.2 Å². The Hall–Kier alpha value is -0.120. The van der Waals surface area contributed by atoms with Crippen LogP contribution in [0.3, 0.4) is 0 Å². The summed E-state index contributed by atoms with van der Waals surface area (Å²) in [5.41, 5.74) is -0.164. The third-order valence-electron chi connectivity index (χ3n) is 3.15. The van der Waals surface area contributed by atoms with Crippen molar-refractivity contribution >= 4 is 0 Å². The molecular formula is C13H28O3. The van der Waals surface area contributed by atoms with Gasteiger partial charge in [-0.3, -0.25) is 0 Å². The standard InChI is InChI=1S/C13H28O3/c1-5-9-10-11-12-13(6-2,7-3)15-16-14-8-4/h5-12H2,1-4H3. The normalized spacial score (nSPS) is 12.0. The first kappa shape index (κ1) is 15.9. The van der Waals surface area contributed by atoms with E-state index < -0.39 is 0 Å². The number of rotatable bonds is 11. The Morgan fingerprint density at radius 3 is 2.06 bits per heavy atom. The van der Waals surface area contributed by atoms with E-state index in [4.69, 9.17) is 14.8 Å². The summed E-state index contributed by atoms with van der Waals surface area (Å²) < 4.78 is 0. The second kappa shape index (κ2) is 10.1. The zero-order valence-corrected chi connectivity index (χ0v) is 11.4. The molecule has 0 N–H and O–H groups in total. The number of hydrogen-bond donors (Lipinski definition) is 0. The minimum atomic E-state index is -0.164. The summed E-state index contributed by atoms with van der Waals surface area (Å²) in [5.74, 6) is 0. The van der Waals surface area contributed by atoms with E-state index in [0.29, 0.717) is 6.61 Å². The Morgan fingerprint density at radius 2 is 1.56 bits per heavy atom. The molecule has 98 valence electrons. The lowest BCUT2D eigenvalue weighted by Gasteiger charge is -2.29. The molecule has 0 aromatic rings. The van der Waals surface area contributed by atoms with E-state index in [1.165, 1.54) is 25.7 Å². The fraction of sp³-hybridized carbons (Fsp3) is 1.00. The molecule has 16 heavy (non-hydrogen) atoms. The van der Waals surface area contributed by atoms with Crippen LogP contribution in [-0.2, 0) is 14.8 Å². The quantitative estimate of drug-likeness (QED) is 0.300. The van der Waals surface area contributed by atoms with Crippen LogP contribution < -0.4 is 0 Å². The third kappa shape index (κ3) is 6.46. The van der Waals surface area contributed by atoms with Crippen LogP contribution in [0.15, 0.2) is 0 Å². The molecule has 0 radical (unpaired) electrons. The van der Waals surface area contributed by atoms with E-state index in [2.05, 4.69) is 20.8 Å². The highest BCUT2D eigenvalue weighted by Gasteiger charge is 2.28. The van der Waals surface area contributed by atoms with Crippen LogP contribution in [-0.4, -0.2) is 12.2 Å². The lowest BCUT2D eigenvalue weighted by molar-refractivity contribution is -0.544. The van der Waals surface area contributed by atoms with Gasteiger partial charge >= 0.3 is 0 Å². The number of unbranched alkanes of at least 4 members (excludes halogenated alkanes) is 3. The molecule has 0 saturated carbocycles. The van der Waals surface area contributed by atoms with Crippen LogP contribution in [0.4, 0.5) is 0 Å². The van der Waals surface area contributed by atoms with Crippen molar-refractivity contribution in [3.8, 4) is 0 Å². The lowest BCUT2D eigenvalue weighted by Crippen LogP contribution is -2.31. The Balaban J connectivity index is 3.90. The van der Waals surface area contributed by atoms with Gasteiger partial charge in [0.2, 0.25) is 0 Å². The van der Waals surface area contributed by atoms with Crippen LogP contribution in [0.25, 0.3) is 0 Å². The second-order valence-electron chi connectivity index (χ2n) is 4.26. The average Bonchev–Trinajstić information content (AvgIpc) is 2.33. The highest BCUT2D eigenvalue weighted by Crippen LogP contribution is 2.27. The molecule has 0 amide bonds. The van der Waals surface area contributed by atoms with Gasteiger partial charge in [0.05, 0.1) is 6.61 Å². The highest BCUT2D eigenvalue weighted by molar-refractivity contribution is 4.75. The van der Waals surface area contributed by atoms with Crippen LogP contribution in [0.1, 0.15) is 72.6 Å². The SMILES string of the molecule is CCCCCCC(CC)(CC)OOOCC. The smallest absolute Gasteiger partial charge is 0.106 e. The van der Waals surface area contributed by atoms with E-state index in [0.717, 1.165) is 19.3 Å². The molecule has 0 aromatic carbocycles. The molecule has 0 fully saturated rings. The highest BCUT2D eigenvalue weighted by atomic mass is 17.5. The van der Waals surface area contributed by atoms with E-state index >= 15 is 0 Å². The molecule has 3 heteroatoms. The maximum atomic E-state index is 5.43. The number of hydrogen-bond acceptors (Lipinski definition) is 3. The van der Waals surface area contributed by atoms with Crippen molar-refractivity contribution in [3.63, 3.8) is 0 Å². The molecule has 0 saturated heterocycles. The summed E-state index contributed by atoms with van der Waals surface area (Å²) in [7, 11) is 0. The maximum absolute atomic E-state index is 5.43. The average molecular weight is 232 g/mol. The van der Waals surface area contributed by atoms with Crippen molar-refractivity contribution in [1.29, 1.82) is 0 Å². The Kier molecular flexibility index (Phi) is 9.99. The van der Waals surface area contributed by atoms with Crippen LogP contribution in [0.5, 0.6) is 0 Å². The molecule has 0 aromatic heterocycles. The molecule has 0 aliphatic carbocycles. The van der Waals surface area contributed by atoms with Crippen LogP contribution in [0, 0.1) is 0 Å². The molecule has 0 aliphatic heterocycles. The van der Waals surface area contributed by atoms with E-state index in [-0.39, 0.29) is 5.60 Å². The second-order valence-corrected chi connectivity index (χ2v) is 4.26. The van der Waals surface area contributed by atoms with Crippen LogP contribution >= 0.6 is 0 Å². The van der Waals surface area contributed by atoms with Gasteiger partial charge in [0.15, 0.2) is 0 Å². The summed E-state index contributed by atoms with van der Waals surface area (Å²) in [5, 5.41) is 4.79. The zero-order valence-electron chi connectivity index (χ0n) is 11.4. The summed E-state index contributed by atoms with van der Waals surface area (Å²) in [6.07, 6.45) is 8.01. The van der Waals surface area contributed by atoms with E-state index in [1.54, 1.807) is 0 Å². The van der Waals surface area contributed by atoms with Gasteiger partial charge in [-0.05, 0) is 26.2 Å². The maximum Gasteiger partial charge on any atom is 0.106 e. The fourth-order valence-corrected chi connectivity index (χ4v) is 1.78. The van der Waals surface area contributed by atoms with E-state index in [9.17, 15) is 0 Å². The Bertz CT molecular complexity index is 144. The van der Waals surface area contributed by atoms with E-state index in [1.807, 2.05) is 6.92 Å². The minimum absolute atomic E-state index is 0.164. The topological polar surface area (TPSA) is 27.7 Å². The Labute approximate surface area is 100 Å². The van der Waals surface area contributed by atoms with Crippen molar-refractivity contribution in [1.82, 2.24) is 0 Å². The zero-order chi connectivity index (χ0) is 12.3. The first-order valence-electron chi connectivity index (χ1n) is 6.72. The minimum Gasteiger partial charge on any atom is -0.206 e. The van der Waals surface area contributed by atoms with Gasteiger partial charge in [-0.15, -0.1) is 0 Å². The van der Waals surface area contributed by atoms with Crippen molar-refractivity contribution in [2.75, 3.05) is 6.61 Å². The summed E-state index contributed by atoms with van der Waals surface area (Å²) in [6, 6.07) is 0. The molecular weight excluding hydrogens is 204 g/mol. The molecule has 0 atom stereocenters.